The van der Waals surface area contributed by atoms with Crippen LogP contribution >= 0.6 is 0 Å². The van der Waals surface area contributed by atoms with Gasteiger partial charge in [0.2, 0.25) is 6.41 Å². The molecule has 7 heteroatoms. The zero-order chi connectivity index (χ0) is 40.5. The maximum absolute atomic E-state index is 13.0. The summed E-state index contributed by atoms with van der Waals surface area (Å²) < 4.78 is 12.4. The van der Waals surface area contributed by atoms with E-state index in [4.69, 9.17) is 9.47 Å². The summed E-state index contributed by atoms with van der Waals surface area (Å²) in [5, 5.41) is 5.72. The number of nitrogens with one attached hydrogen (secondary N) is 2. The predicted octanol–water partition coefficient (Wildman–Crippen LogP) is 12.6. The third kappa shape index (κ3) is 20.9. The molecule has 55 heavy (non-hydrogen) atoms. The van der Waals surface area contributed by atoms with Gasteiger partial charge in [0.05, 0.1) is 18.3 Å². The minimum Gasteiger partial charge on any atom is -0.385 e. The summed E-state index contributed by atoms with van der Waals surface area (Å²) in [5.41, 5.74) is 0.940. The molecule has 4 unspecified atom stereocenters. The van der Waals surface area contributed by atoms with Gasteiger partial charge in [0.1, 0.15) is 6.23 Å². The first-order valence-electron chi connectivity index (χ1n) is 23.7. The van der Waals surface area contributed by atoms with Crippen molar-refractivity contribution in [2.24, 2.45) is 23.7 Å². The zero-order valence-corrected chi connectivity index (χ0v) is 37.4. The van der Waals surface area contributed by atoms with Crippen LogP contribution in [0.25, 0.3) is 0 Å². The van der Waals surface area contributed by atoms with E-state index < -0.39 is 5.91 Å². The Hall–Kier alpha value is -1.86. The van der Waals surface area contributed by atoms with Gasteiger partial charge in [-0.15, -0.1) is 0 Å². The molecule has 1 heterocycles. The normalized spacial score (nSPS) is 21.0. The van der Waals surface area contributed by atoms with E-state index in [1.165, 1.54) is 167 Å². The van der Waals surface area contributed by atoms with Crippen molar-refractivity contribution < 1.29 is 19.1 Å². The second-order valence-corrected chi connectivity index (χ2v) is 16.7. The Morgan fingerprint density at radius 2 is 1.15 bits per heavy atom. The monoisotopic (exact) mass is 774 g/mol. The minimum absolute atomic E-state index is 0.0736. The molecule has 3 fully saturated rings. The van der Waals surface area contributed by atoms with E-state index in [9.17, 15) is 9.59 Å². The first kappa shape index (κ1) is 51.2. The fourth-order valence-electron chi connectivity index (χ4n) is 8.69. The van der Waals surface area contributed by atoms with Crippen LogP contribution in [0.2, 0.25) is 0 Å². The number of carbonyl (C=O) groups excluding carboxylic acids is 2. The van der Waals surface area contributed by atoms with Crippen molar-refractivity contribution in [1.29, 1.82) is 0 Å². The van der Waals surface area contributed by atoms with Gasteiger partial charge in [-0.2, -0.15) is 0 Å². The molecule has 2 saturated carbocycles. The van der Waals surface area contributed by atoms with Crippen molar-refractivity contribution in [3.05, 3.63) is 24.0 Å². The lowest BCUT2D eigenvalue weighted by Crippen LogP contribution is -2.43. The van der Waals surface area contributed by atoms with Gasteiger partial charge in [0, 0.05) is 38.5 Å². The fraction of sp³-hybridized carbons (Fsp3) is 0.875. The van der Waals surface area contributed by atoms with Crippen LogP contribution in [0.15, 0.2) is 24.0 Å². The number of methoxy groups -OCH3 is 1. The standard InChI is InChI=1S/C43H77N3O4.C3H8.C2H6/c1-5-6-7-8-9-10-11-12-13-14-15-16-17-18-19-20-21-22-23-24-31-44-35(2)38(42(48)45-34-47)32-46(3)43-41(37-29-26-30-37)40(36-27-25-28-36)39(50-43)33-49-4;1-3-2;1-2/h32,34,36-37,39-41,43-44H,2,5-31,33H2,1,3-4H3,(H,45,47,48);3H2,1-2H3;1-2H3/b38-32-;;. The second kappa shape index (κ2) is 34.2. The van der Waals surface area contributed by atoms with Crippen molar-refractivity contribution in [1.82, 2.24) is 15.5 Å². The molecule has 2 aliphatic carbocycles. The van der Waals surface area contributed by atoms with Gasteiger partial charge >= 0.3 is 0 Å². The molecule has 1 saturated heterocycles. The van der Waals surface area contributed by atoms with E-state index in [0.29, 0.717) is 48.0 Å². The molecule has 3 aliphatic rings. The minimum atomic E-state index is -0.435. The molecular weight excluding hydrogens is 683 g/mol. The summed E-state index contributed by atoms with van der Waals surface area (Å²) in [6, 6.07) is 0. The highest BCUT2D eigenvalue weighted by Crippen LogP contribution is 2.53. The molecule has 0 aromatic rings. The number of hydrogen-bond donors (Lipinski definition) is 2. The van der Waals surface area contributed by atoms with Crippen molar-refractivity contribution in [2.75, 3.05) is 27.3 Å². The SMILES string of the molecule is C=C(NCCCCCCCCCCCCCCCCCCCCCC)/C(=C/N(C)C1OC(COC)C(C2CCC2)C1C1CCC1)C(=O)NC=O.CC.CCC. The zero-order valence-electron chi connectivity index (χ0n) is 37.4. The van der Waals surface area contributed by atoms with Crippen LogP contribution in [0.5, 0.6) is 0 Å². The lowest BCUT2D eigenvalue weighted by molar-refractivity contribution is -0.122. The van der Waals surface area contributed by atoms with Crippen LogP contribution < -0.4 is 10.6 Å². The molecule has 2 N–H and O–H groups in total. The Morgan fingerprint density at radius 1 is 0.727 bits per heavy atom. The number of amides is 2. The van der Waals surface area contributed by atoms with Crippen LogP contribution in [-0.4, -0.2) is 56.9 Å². The maximum atomic E-state index is 13.0. The molecule has 0 bridgehead atoms. The van der Waals surface area contributed by atoms with Crippen LogP contribution in [0.4, 0.5) is 0 Å². The average Bonchev–Trinajstić information content (AvgIpc) is 3.48. The van der Waals surface area contributed by atoms with Gasteiger partial charge in [-0.05, 0) is 37.0 Å². The average molecular weight is 774 g/mol. The molecular formula is C48H91N3O4. The van der Waals surface area contributed by atoms with E-state index in [0.717, 1.165) is 13.0 Å². The Bertz CT molecular complexity index is 978. The van der Waals surface area contributed by atoms with E-state index in [1.54, 1.807) is 7.11 Å². The summed E-state index contributed by atoms with van der Waals surface area (Å²) in [5.74, 6) is 1.82. The molecule has 7 nitrogen and oxygen atoms in total. The van der Waals surface area contributed by atoms with E-state index >= 15 is 0 Å². The highest BCUT2D eigenvalue weighted by Gasteiger charge is 2.53. The number of rotatable bonds is 31. The molecule has 0 aromatic carbocycles. The summed E-state index contributed by atoms with van der Waals surface area (Å²) in [6.07, 6.45) is 38.5. The van der Waals surface area contributed by atoms with Gasteiger partial charge in [0.25, 0.3) is 5.91 Å². The topological polar surface area (TPSA) is 79.9 Å². The molecule has 2 amide bonds. The number of hydrogen-bond acceptors (Lipinski definition) is 6. The highest BCUT2D eigenvalue weighted by atomic mass is 16.5. The van der Waals surface area contributed by atoms with Crippen molar-refractivity contribution >= 4 is 12.3 Å². The van der Waals surface area contributed by atoms with Crippen LogP contribution in [0, 0.1) is 23.7 Å². The van der Waals surface area contributed by atoms with E-state index in [1.807, 2.05) is 27.1 Å². The molecule has 322 valence electrons. The summed E-state index contributed by atoms with van der Waals surface area (Å²) in [7, 11) is 3.76. The van der Waals surface area contributed by atoms with Gasteiger partial charge in [-0.1, -0.05) is 195 Å². The molecule has 0 radical (unpaired) electrons. The number of imide groups is 1. The van der Waals surface area contributed by atoms with Gasteiger partial charge < -0.3 is 19.7 Å². The van der Waals surface area contributed by atoms with E-state index in [-0.39, 0.29) is 12.3 Å². The first-order valence-corrected chi connectivity index (χ1v) is 23.7. The molecule has 3 rings (SSSR count). The number of nitrogens with zero attached hydrogens (tertiary/aromatic N) is 1. The molecule has 1 aliphatic heterocycles. The second-order valence-electron chi connectivity index (χ2n) is 16.7. The third-order valence-electron chi connectivity index (χ3n) is 12.1. The predicted molar refractivity (Wildman–Crippen MR) is 235 cm³/mol. The Labute approximate surface area is 341 Å². The van der Waals surface area contributed by atoms with Crippen LogP contribution in [0.1, 0.15) is 208 Å². The molecule has 4 atom stereocenters. The first-order chi connectivity index (χ1) is 26.9. The third-order valence-corrected chi connectivity index (χ3v) is 12.1. The van der Waals surface area contributed by atoms with Crippen molar-refractivity contribution in [3.63, 3.8) is 0 Å². The number of unbranched alkanes of at least 4 members (excludes halogenated alkanes) is 19. The van der Waals surface area contributed by atoms with Gasteiger partial charge in [-0.3, -0.25) is 14.9 Å². The van der Waals surface area contributed by atoms with Gasteiger partial charge in [0.15, 0.2) is 0 Å². The summed E-state index contributed by atoms with van der Waals surface area (Å²) >= 11 is 0. The smallest absolute Gasteiger partial charge is 0.261 e. The summed E-state index contributed by atoms with van der Waals surface area (Å²) in [4.78, 5) is 26.3. The van der Waals surface area contributed by atoms with Crippen LogP contribution in [-0.2, 0) is 19.1 Å². The van der Waals surface area contributed by atoms with E-state index in [2.05, 4.69) is 42.9 Å². The lowest BCUT2D eigenvalue weighted by Gasteiger charge is -2.44. The number of carbonyl (C=O) groups is 2. The Kier molecular flexibility index (Phi) is 31.8. The Balaban J connectivity index is 0.00000288. The quantitative estimate of drug-likeness (QED) is 0.0316. The fourth-order valence-corrected chi connectivity index (χ4v) is 8.69. The summed E-state index contributed by atoms with van der Waals surface area (Å²) in [6.45, 7) is 16.1. The molecule has 0 aromatic heterocycles. The van der Waals surface area contributed by atoms with Crippen molar-refractivity contribution in [2.45, 2.75) is 220 Å². The lowest BCUT2D eigenvalue weighted by atomic mass is 9.62. The highest BCUT2D eigenvalue weighted by molar-refractivity contribution is 6.02. The van der Waals surface area contributed by atoms with Crippen LogP contribution in [0.3, 0.4) is 0 Å². The Morgan fingerprint density at radius 3 is 1.53 bits per heavy atom. The number of ether oxygens (including phenoxy) is 2. The van der Waals surface area contributed by atoms with Crippen molar-refractivity contribution in [3.8, 4) is 0 Å². The molecule has 0 spiro atoms. The van der Waals surface area contributed by atoms with Gasteiger partial charge in [-0.25, -0.2) is 0 Å². The maximum Gasteiger partial charge on any atom is 0.261 e. The largest absolute Gasteiger partial charge is 0.385 e.